The molecule has 20 aromatic rings. The van der Waals surface area contributed by atoms with Gasteiger partial charge in [-0.3, -0.25) is 4.79 Å². The minimum Gasteiger partial charge on any atom is -0.0622 e. The number of fused-ring (bicyclic) bond motifs is 4. The fraction of sp³-hybridized carbons (Fsp3) is 0.124. The number of methoxy groups -OCH3 is 2. The Morgan fingerprint density at radius 2 is 0.658 bits per heavy atom. The molecular weight excluding hydrogens is 2210 g/mol. The van der Waals surface area contributed by atoms with Gasteiger partial charge in [0.2, 0.25) is 0 Å². The number of thiazole rings is 3. The monoisotopic (exact) mass is 2310 g/mol. The first kappa shape index (κ1) is 114. The summed E-state index contributed by atoms with van der Waals surface area (Å²) in [6.07, 6.45) is 0. The summed E-state index contributed by atoms with van der Waals surface area (Å²) in [4.78, 5) is 41.4. The van der Waals surface area contributed by atoms with Gasteiger partial charge in [-0.05, 0) is 168 Å². The van der Waals surface area contributed by atoms with Gasteiger partial charge in [-0.25, -0.2) is 29.9 Å². The van der Waals surface area contributed by atoms with Crippen molar-refractivity contribution in [3.63, 3.8) is 0 Å². The number of aryl methyl sites for hydroxylation is 4. The summed E-state index contributed by atoms with van der Waals surface area (Å²) >= 11 is 47.5. The standard InChI is InChI=1S/C22H19ClN2O3S.C18H15Cl2NO3.2C18H15P.C14H11ClN2O2S.C10H6Cl3NO.C8H10O2.C5H7NS.2ClH.Pd/c1-13-12-29-22(24-13)18-9-19(28-11-14-3-6-16(27-2)7-4-14)17-8-5-15(10-26)20(23)21(17)25-18;1-23-13-5-2-11(3-6-13)10-24-15-8-16(19)21-18-14(15)7-4-12(9-22)17(18)20;2*1-4-10-16(11-5-1)19(17-12-6-2-7-13-17)18-14-8-3-9-15-18;1-7-6-20-14(16-7)10-4-11(19)9-3-2-8(5-18)12(15)13(9)17-10;11-7-3-8(12)14-10-6(7)2-1-5(4-15)9(10)13;9-5-7-1-2-8(6-10)4-3-7;1-4-3-7-5(2)6-4;;;/h3-9,12,26H,10-11H2,1-2H3;2-8,22H,9-10H2,1H3;2*1-15H;2-4,6,18H,5H2,1H3,(H,17,19);1-3,15H,4H2;1-4,9-10H,5-6H2;3H,1-2H3;2*1H;/q;;;;;;;;;;+2/p-2. The number of aromatic amines is 1. The minimum absolute atomic E-state index is 0.0612. The molecule has 0 saturated heterocycles. The Hall–Kier alpha value is -10.7. The second-order valence-corrected chi connectivity index (χ2v) is 43.8. The number of aliphatic hydroxyl groups excluding tert-OH is 6. The summed E-state index contributed by atoms with van der Waals surface area (Å²) in [6, 6.07) is 108. The number of hydrogen-bond acceptors (Lipinski definition) is 20. The third kappa shape index (κ3) is 32.4. The van der Waals surface area contributed by atoms with E-state index < -0.39 is 15.8 Å². The molecule has 752 valence electrons. The van der Waals surface area contributed by atoms with Crippen LogP contribution in [0.15, 0.2) is 349 Å². The van der Waals surface area contributed by atoms with E-state index in [4.69, 9.17) is 140 Å². The van der Waals surface area contributed by atoms with Crippen LogP contribution in [0.3, 0.4) is 0 Å². The van der Waals surface area contributed by atoms with E-state index in [2.05, 4.69) is 217 Å². The maximum atomic E-state index is 12.2. The zero-order chi connectivity index (χ0) is 104. The summed E-state index contributed by atoms with van der Waals surface area (Å²) in [5.41, 5.74) is 12.5. The van der Waals surface area contributed by atoms with E-state index in [0.717, 1.165) is 82.0 Å². The molecule has 33 heteroatoms. The number of ether oxygens (including phenoxy) is 4. The molecule has 0 spiro atoms. The number of halogens is 9. The molecule has 0 bridgehead atoms. The molecule has 7 N–H and O–H groups in total. The molecule has 0 aliphatic heterocycles. The van der Waals surface area contributed by atoms with E-state index in [9.17, 15) is 20.1 Å². The number of nitrogens with one attached hydrogen (secondary N) is 1. The first-order chi connectivity index (χ1) is 70.9. The molecule has 0 atom stereocenters. The summed E-state index contributed by atoms with van der Waals surface area (Å²) < 4.78 is 22.4. The number of H-pyrrole nitrogens is 1. The van der Waals surface area contributed by atoms with Gasteiger partial charge in [-0.1, -0.05) is 342 Å². The van der Waals surface area contributed by atoms with Crippen molar-refractivity contribution in [2.24, 2.45) is 0 Å². The van der Waals surface area contributed by atoms with Crippen molar-refractivity contribution in [2.45, 2.75) is 80.6 Å². The number of rotatable bonds is 22. The molecule has 18 nitrogen and oxygen atoms in total. The Bertz CT molecular complexity index is 7270. The molecule has 0 aliphatic rings. The molecule has 0 amide bonds. The number of hydrogen-bond donors (Lipinski definition) is 7. The Labute approximate surface area is 912 Å². The smallest absolute Gasteiger partial charge is 0.0134 e. The van der Waals surface area contributed by atoms with Gasteiger partial charge in [0.15, 0.2) is 5.43 Å². The van der Waals surface area contributed by atoms with Crippen molar-refractivity contribution in [3.8, 4) is 44.4 Å². The van der Waals surface area contributed by atoms with Crippen LogP contribution in [-0.4, -0.2) is 79.7 Å². The molecule has 0 aliphatic carbocycles. The van der Waals surface area contributed by atoms with Crippen LogP contribution in [0.1, 0.15) is 66.6 Å². The number of benzene rings is 13. The van der Waals surface area contributed by atoms with Crippen LogP contribution in [0.4, 0.5) is 0 Å². The van der Waals surface area contributed by atoms with Gasteiger partial charge in [-0.15, -0.1) is 34.0 Å². The van der Waals surface area contributed by atoms with Crippen molar-refractivity contribution >= 4 is 226 Å². The maximum Gasteiger partial charge on any atom is -0.0134 e. The van der Waals surface area contributed by atoms with Crippen LogP contribution < -0.4 is 56.2 Å². The average molecular weight is 2310 g/mol. The largest absolute Gasteiger partial charge is 0.0622 e. The minimum atomic E-state index is -0.446. The zero-order valence-electron chi connectivity index (χ0n) is 79.3. The molecule has 13 aromatic carbocycles. The van der Waals surface area contributed by atoms with E-state index in [1.165, 1.54) is 60.6 Å². The van der Waals surface area contributed by atoms with Gasteiger partial charge in [-0.2, -0.15) is 0 Å². The molecular formula is C113H98Cl9N7O11P2PdS3. The van der Waals surface area contributed by atoms with Crippen LogP contribution in [-0.2, 0) is 68.8 Å². The van der Waals surface area contributed by atoms with E-state index in [1.807, 2.05) is 105 Å². The SMILES string of the molecule is COc1ccc(COc2cc(-c3nc(C)cs3)nc3c(Cl)c(CO)ccc23)cc1.COc1ccc(COc2cc(Cl)nc3c(Cl)c(CO)ccc23)cc1.Cc1csc(-c2cc(=O)c3ccc(CO)c(Cl)c3[nH]2)n1.Cc1csc(C)n1.OCc1ccc(CO)cc1.OCc1ccc2c(Cl)cc(Cl)nc2c1Cl.[Cl][Pd][Cl].c1ccc(P(c2ccccc2)c2ccccc2)cc1.c1ccc(P(c2ccccc2)c2ccccc2)cc1. The molecule has 0 radical (unpaired) electrons. The Kier molecular flexibility index (Phi) is 46.0. The van der Waals surface area contributed by atoms with Crippen molar-refractivity contribution in [2.75, 3.05) is 14.2 Å². The quantitative estimate of drug-likeness (QED) is 0.0189. The Morgan fingerprint density at radius 3 is 0.993 bits per heavy atom. The average Bonchev–Trinajstić information content (AvgIpc) is 1.20. The molecule has 0 unspecified atom stereocenters. The molecule has 7 heterocycles. The number of pyridine rings is 4. The second kappa shape index (κ2) is 58.9. The predicted octanol–water partition coefficient (Wildman–Crippen LogP) is 27.5. The second-order valence-electron chi connectivity index (χ2n) is 31.6. The van der Waals surface area contributed by atoms with E-state index in [0.29, 0.717) is 111 Å². The van der Waals surface area contributed by atoms with Gasteiger partial charge in [0.25, 0.3) is 0 Å². The third-order valence-corrected chi connectivity index (χ3v) is 31.7. The fourth-order valence-corrected chi connectivity index (χ4v) is 22.8. The van der Waals surface area contributed by atoms with Crippen molar-refractivity contribution in [3.05, 3.63) is 456 Å². The van der Waals surface area contributed by atoms with Crippen LogP contribution in [0.25, 0.3) is 65.0 Å². The maximum absolute atomic E-state index is 12.2. The molecule has 146 heavy (non-hydrogen) atoms. The van der Waals surface area contributed by atoms with E-state index in [1.54, 1.807) is 98.4 Å². The van der Waals surface area contributed by atoms with Gasteiger partial charge >= 0.3 is 35.0 Å². The Balaban J connectivity index is 0.000000151. The van der Waals surface area contributed by atoms with E-state index >= 15 is 0 Å². The van der Waals surface area contributed by atoms with Crippen LogP contribution in [0, 0.1) is 27.7 Å². The first-order valence-corrected chi connectivity index (χ1v) is 56.8. The number of aromatic nitrogens is 7. The van der Waals surface area contributed by atoms with Crippen molar-refractivity contribution in [1.29, 1.82) is 0 Å². The normalized spacial score (nSPS) is 10.7. The summed E-state index contributed by atoms with van der Waals surface area (Å²) in [5.74, 6) is 2.85. The molecule has 20 rings (SSSR count). The predicted molar refractivity (Wildman–Crippen MR) is 607 cm³/mol. The van der Waals surface area contributed by atoms with Crippen LogP contribution in [0.2, 0.25) is 35.4 Å². The molecule has 7 aromatic heterocycles. The molecule has 0 saturated carbocycles. The van der Waals surface area contributed by atoms with E-state index in [-0.39, 0.29) is 71.3 Å². The molecule has 0 fully saturated rings. The van der Waals surface area contributed by atoms with Gasteiger partial charge < -0.3 is 54.6 Å². The summed E-state index contributed by atoms with van der Waals surface area (Å²) in [5, 5.41) is 76.9. The summed E-state index contributed by atoms with van der Waals surface area (Å²) in [7, 11) is 12.0. The van der Waals surface area contributed by atoms with Crippen LogP contribution >= 0.6 is 150 Å². The zero-order valence-corrected chi connectivity index (χ0v) is 91.9. The Morgan fingerprint density at radius 1 is 0.336 bits per heavy atom. The number of aliphatic hydroxyl groups is 6. The first-order valence-electron chi connectivity index (χ1n) is 44.8. The fourth-order valence-electron chi connectivity index (χ4n) is 14.3. The van der Waals surface area contributed by atoms with Crippen molar-refractivity contribution in [1.82, 2.24) is 34.9 Å². The topological polar surface area (TPSA) is 268 Å². The van der Waals surface area contributed by atoms with Crippen molar-refractivity contribution < 1.29 is 65.5 Å². The summed E-state index contributed by atoms with van der Waals surface area (Å²) in [6.45, 7) is 8.12. The van der Waals surface area contributed by atoms with Gasteiger partial charge in [0, 0.05) is 73.0 Å². The van der Waals surface area contributed by atoms with Crippen LogP contribution in [0.5, 0.6) is 23.0 Å². The van der Waals surface area contributed by atoms with Gasteiger partial charge in [0.05, 0.1) is 112 Å². The third-order valence-electron chi connectivity index (χ3n) is 21.5. The van der Waals surface area contributed by atoms with Gasteiger partial charge in [0.1, 0.15) is 62.2 Å². The number of nitrogens with zero attached hydrogens (tertiary/aromatic N) is 6.